The third-order valence-electron chi connectivity index (χ3n) is 2.99. The molecule has 1 N–H and O–H groups in total. The van der Waals surface area contributed by atoms with E-state index in [0.717, 1.165) is 4.90 Å². The maximum Gasteiger partial charge on any atom is 0.146 e. The molecule has 0 bridgehead atoms. The number of aliphatic hydroxyl groups excluding tert-OH is 1. The first kappa shape index (κ1) is 15.3. The fraction of sp³-hybridized carbons (Fsp3) is 0.176. The average molecular weight is 297 g/mol. The Kier molecular flexibility index (Phi) is 5.56. The minimum Gasteiger partial charge on any atom is -0.388 e. The predicted octanol–water partition coefficient (Wildman–Crippen LogP) is 3.34. The number of hydrogen-bond donors (Lipinski definition) is 1. The Labute approximate surface area is 128 Å². The van der Waals surface area contributed by atoms with Crippen LogP contribution in [0, 0.1) is 11.3 Å². The zero-order valence-corrected chi connectivity index (χ0v) is 12.2. The normalized spacial score (nSPS) is 11.6. The number of carbonyl (C=O) groups excluding carboxylic acids is 1. The molecular formula is C17H15NO2S. The quantitative estimate of drug-likeness (QED) is 0.831. The lowest BCUT2D eigenvalue weighted by molar-refractivity contribution is -0.118. The molecule has 1 atom stereocenters. The Balaban J connectivity index is 1.85. The van der Waals surface area contributed by atoms with E-state index in [4.69, 9.17) is 5.26 Å². The Morgan fingerprint density at radius 1 is 1.14 bits per heavy atom. The Bertz CT molecular complexity index is 632. The molecule has 0 radical (unpaired) electrons. The van der Waals surface area contributed by atoms with E-state index in [1.54, 1.807) is 24.3 Å². The molecule has 2 rings (SSSR count). The van der Waals surface area contributed by atoms with Gasteiger partial charge in [0.15, 0.2) is 0 Å². The molecule has 2 aromatic carbocycles. The highest BCUT2D eigenvalue weighted by molar-refractivity contribution is 8.00. The van der Waals surface area contributed by atoms with Crippen molar-refractivity contribution in [1.82, 2.24) is 0 Å². The number of aliphatic hydroxyl groups is 1. The molecule has 0 aromatic heterocycles. The van der Waals surface area contributed by atoms with Crippen LogP contribution in [-0.4, -0.2) is 16.6 Å². The van der Waals surface area contributed by atoms with E-state index in [9.17, 15) is 9.90 Å². The summed E-state index contributed by atoms with van der Waals surface area (Å²) in [6, 6.07) is 18.4. The summed E-state index contributed by atoms with van der Waals surface area (Å²) in [6.45, 7) is 0. The van der Waals surface area contributed by atoms with Gasteiger partial charge in [-0.3, -0.25) is 4.79 Å². The van der Waals surface area contributed by atoms with Crippen molar-refractivity contribution in [3.05, 3.63) is 65.7 Å². The third kappa shape index (κ3) is 4.75. The number of thioether (sulfide) groups is 1. The van der Waals surface area contributed by atoms with Gasteiger partial charge in [0.1, 0.15) is 5.78 Å². The van der Waals surface area contributed by atoms with Crippen molar-refractivity contribution in [1.29, 1.82) is 5.26 Å². The first-order valence-corrected chi connectivity index (χ1v) is 7.55. The van der Waals surface area contributed by atoms with Gasteiger partial charge in [0.25, 0.3) is 0 Å². The number of hydrogen-bond acceptors (Lipinski definition) is 4. The standard InChI is InChI=1S/C17H15NO2S/c18-11-13-6-8-14(9-7-13)17(20)10-15(19)12-21-16-4-2-1-3-5-16/h1-9,17,20H,10,12H2/t17-/m1/s1. The van der Waals surface area contributed by atoms with Crippen LogP contribution in [0.5, 0.6) is 0 Å². The van der Waals surface area contributed by atoms with Crippen LogP contribution in [0.2, 0.25) is 0 Å². The van der Waals surface area contributed by atoms with Gasteiger partial charge in [-0.25, -0.2) is 0 Å². The van der Waals surface area contributed by atoms with Gasteiger partial charge >= 0.3 is 0 Å². The predicted molar refractivity (Wildman–Crippen MR) is 82.9 cm³/mol. The molecule has 0 fully saturated rings. The van der Waals surface area contributed by atoms with Crippen molar-refractivity contribution < 1.29 is 9.90 Å². The van der Waals surface area contributed by atoms with Crippen molar-refractivity contribution in [3.8, 4) is 6.07 Å². The number of nitriles is 1. The van der Waals surface area contributed by atoms with Crippen LogP contribution in [0.25, 0.3) is 0 Å². The highest BCUT2D eigenvalue weighted by Gasteiger charge is 2.13. The number of rotatable bonds is 6. The van der Waals surface area contributed by atoms with Gasteiger partial charge in [0, 0.05) is 11.3 Å². The molecular weight excluding hydrogens is 282 g/mol. The smallest absolute Gasteiger partial charge is 0.146 e. The SMILES string of the molecule is N#Cc1ccc([C@H](O)CC(=O)CSc2ccccc2)cc1. The zero-order chi connectivity index (χ0) is 15.1. The van der Waals surface area contributed by atoms with Crippen LogP contribution in [0.3, 0.4) is 0 Å². The van der Waals surface area contributed by atoms with Crippen LogP contribution >= 0.6 is 11.8 Å². The number of ketones is 1. The van der Waals surface area contributed by atoms with Crippen molar-refractivity contribution in [2.75, 3.05) is 5.75 Å². The van der Waals surface area contributed by atoms with Gasteiger partial charge < -0.3 is 5.11 Å². The van der Waals surface area contributed by atoms with Gasteiger partial charge in [-0.2, -0.15) is 5.26 Å². The van der Waals surface area contributed by atoms with Gasteiger partial charge in [-0.15, -0.1) is 11.8 Å². The summed E-state index contributed by atoms with van der Waals surface area (Å²) < 4.78 is 0. The molecule has 0 heterocycles. The van der Waals surface area contributed by atoms with E-state index in [1.165, 1.54) is 11.8 Å². The van der Waals surface area contributed by atoms with Crippen LogP contribution < -0.4 is 0 Å². The van der Waals surface area contributed by atoms with Crippen molar-refractivity contribution in [2.24, 2.45) is 0 Å². The molecule has 0 spiro atoms. The summed E-state index contributed by atoms with van der Waals surface area (Å²) in [5.74, 6) is 0.345. The molecule has 21 heavy (non-hydrogen) atoms. The minimum atomic E-state index is -0.818. The summed E-state index contributed by atoms with van der Waals surface area (Å²) in [7, 11) is 0. The zero-order valence-electron chi connectivity index (χ0n) is 11.4. The second-order valence-corrected chi connectivity index (χ2v) is 5.64. The van der Waals surface area contributed by atoms with Crippen molar-refractivity contribution in [2.45, 2.75) is 17.4 Å². The molecule has 4 heteroatoms. The van der Waals surface area contributed by atoms with Crippen LogP contribution in [-0.2, 0) is 4.79 Å². The fourth-order valence-corrected chi connectivity index (χ4v) is 2.65. The van der Waals surface area contributed by atoms with E-state index in [2.05, 4.69) is 0 Å². The van der Waals surface area contributed by atoms with Gasteiger partial charge in [-0.05, 0) is 29.8 Å². The van der Waals surface area contributed by atoms with E-state index >= 15 is 0 Å². The highest BCUT2D eigenvalue weighted by atomic mass is 32.2. The molecule has 0 aliphatic rings. The summed E-state index contributed by atoms with van der Waals surface area (Å²) in [5, 5.41) is 18.8. The second kappa shape index (κ2) is 7.63. The molecule has 106 valence electrons. The van der Waals surface area contributed by atoms with E-state index < -0.39 is 6.10 Å². The van der Waals surface area contributed by atoms with Crippen molar-refractivity contribution >= 4 is 17.5 Å². The van der Waals surface area contributed by atoms with E-state index in [0.29, 0.717) is 16.9 Å². The number of Topliss-reactive ketones (excluding diaryl/α,β-unsaturated/α-hetero) is 1. The molecule has 0 saturated heterocycles. The van der Waals surface area contributed by atoms with Gasteiger partial charge in [0.05, 0.1) is 23.5 Å². The molecule has 0 amide bonds. The molecule has 0 aliphatic heterocycles. The summed E-state index contributed by atoms with van der Waals surface area (Å²) in [4.78, 5) is 12.9. The number of benzene rings is 2. The molecule has 2 aromatic rings. The largest absolute Gasteiger partial charge is 0.388 e. The number of carbonyl (C=O) groups is 1. The van der Waals surface area contributed by atoms with E-state index in [1.807, 2.05) is 36.4 Å². The lowest BCUT2D eigenvalue weighted by Gasteiger charge is -2.10. The molecule has 0 aliphatic carbocycles. The second-order valence-electron chi connectivity index (χ2n) is 4.59. The summed E-state index contributed by atoms with van der Waals surface area (Å²) >= 11 is 1.47. The van der Waals surface area contributed by atoms with Gasteiger partial charge in [-0.1, -0.05) is 30.3 Å². The summed E-state index contributed by atoms with van der Waals surface area (Å²) in [6.07, 6.45) is -0.729. The highest BCUT2D eigenvalue weighted by Crippen LogP contribution is 2.21. The maximum atomic E-state index is 11.9. The van der Waals surface area contributed by atoms with Crippen LogP contribution in [0.1, 0.15) is 23.7 Å². The average Bonchev–Trinajstić information content (AvgIpc) is 2.54. The van der Waals surface area contributed by atoms with Crippen LogP contribution in [0.4, 0.5) is 0 Å². The monoisotopic (exact) mass is 297 g/mol. The maximum absolute atomic E-state index is 11.9. The van der Waals surface area contributed by atoms with E-state index in [-0.39, 0.29) is 12.2 Å². The summed E-state index contributed by atoms with van der Waals surface area (Å²) in [5.41, 5.74) is 1.20. The Morgan fingerprint density at radius 2 is 1.81 bits per heavy atom. The Morgan fingerprint density at radius 3 is 2.43 bits per heavy atom. The topological polar surface area (TPSA) is 61.1 Å². The minimum absolute atomic E-state index is 0.000660. The molecule has 0 saturated carbocycles. The molecule has 0 unspecified atom stereocenters. The Hall–Kier alpha value is -2.09. The third-order valence-corrected chi connectivity index (χ3v) is 4.06. The first-order valence-electron chi connectivity index (χ1n) is 6.56. The first-order chi connectivity index (χ1) is 10.2. The van der Waals surface area contributed by atoms with Crippen LogP contribution in [0.15, 0.2) is 59.5 Å². The number of nitrogens with zero attached hydrogens (tertiary/aromatic N) is 1. The lowest BCUT2D eigenvalue weighted by Crippen LogP contribution is -2.08. The lowest BCUT2D eigenvalue weighted by atomic mass is 10.0. The van der Waals surface area contributed by atoms with Gasteiger partial charge in [0.2, 0.25) is 0 Å². The fourth-order valence-electron chi connectivity index (χ4n) is 1.85. The van der Waals surface area contributed by atoms with Crippen molar-refractivity contribution in [3.63, 3.8) is 0 Å². The molecule has 3 nitrogen and oxygen atoms in total.